The molecule has 0 fully saturated rings. The second-order valence-electron chi connectivity index (χ2n) is 5.39. The highest BCUT2D eigenvalue weighted by atomic mass is 16.7. The van der Waals surface area contributed by atoms with Crippen LogP contribution in [0.15, 0.2) is 24.3 Å². The summed E-state index contributed by atoms with van der Waals surface area (Å²) in [7, 11) is 1.32. The number of carbonyl (C=O) groups is 1. The largest absolute Gasteiger partial charge is 0.513 e. The summed E-state index contributed by atoms with van der Waals surface area (Å²) in [6.07, 6.45) is 10.7. The van der Waals surface area contributed by atoms with Crippen molar-refractivity contribution < 1.29 is 14.3 Å². The molecular weight excluding hydrogens is 264 g/mol. The Balaban J connectivity index is 2.24. The van der Waals surface area contributed by atoms with Crippen molar-refractivity contribution in [2.45, 2.75) is 64.7 Å². The Hall–Kier alpha value is -1.51. The van der Waals surface area contributed by atoms with Gasteiger partial charge in [-0.2, -0.15) is 0 Å². The molecule has 0 unspecified atom stereocenters. The van der Waals surface area contributed by atoms with Gasteiger partial charge in [0.15, 0.2) is 0 Å². The molecule has 0 bridgehead atoms. The lowest BCUT2D eigenvalue weighted by Gasteiger charge is -2.09. The fourth-order valence-electron chi connectivity index (χ4n) is 2.39. The van der Waals surface area contributed by atoms with Crippen molar-refractivity contribution in [3.63, 3.8) is 0 Å². The number of benzene rings is 1. The summed E-state index contributed by atoms with van der Waals surface area (Å²) in [5.74, 6) is 0.618. The first-order valence-corrected chi connectivity index (χ1v) is 8.11. The van der Waals surface area contributed by atoms with Crippen LogP contribution < -0.4 is 4.74 Å². The number of rotatable bonds is 10. The molecule has 1 rings (SSSR count). The summed E-state index contributed by atoms with van der Waals surface area (Å²) in [5.41, 5.74) is 1.08. The highest BCUT2D eigenvalue weighted by Gasteiger charge is 2.08. The Morgan fingerprint density at radius 1 is 0.952 bits per heavy atom. The molecule has 0 heterocycles. The SMILES string of the molecule is CCCCCCCCCCc1ccccc1OC(=O)OC. The van der Waals surface area contributed by atoms with E-state index in [0.717, 1.165) is 18.4 Å². The lowest BCUT2D eigenvalue weighted by atomic mass is 10.0. The van der Waals surface area contributed by atoms with Crippen molar-refractivity contribution in [1.29, 1.82) is 0 Å². The Bertz CT molecular complexity index is 401. The van der Waals surface area contributed by atoms with E-state index >= 15 is 0 Å². The van der Waals surface area contributed by atoms with E-state index in [9.17, 15) is 4.79 Å². The first kappa shape index (κ1) is 17.5. The molecule has 1 aromatic carbocycles. The first-order chi connectivity index (χ1) is 10.3. The van der Waals surface area contributed by atoms with Crippen LogP contribution in [0.4, 0.5) is 4.79 Å². The molecule has 0 saturated heterocycles. The van der Waals surface area contributed by atoms with E-state index in [2.05, 4.69) is 11.7 Å². The van der Waals surface area contributed by atoms with E-state index in [1.807, 2.05) is 24.3 Å². The zero-order valence-electron chi connectivity index (χ0n) is 13.4. The standard InChI is InChI=1S/C18H28O3/c1-3-4-5-6-7-8-9-10-13-16-14-11-12-15-17(16)21-18(19)20-2/h11-12,14-15H,3-10,13H2,1-2H3. The third-order valence-corrected chi connectivity index (χ3v) is 3.63. The Kier molecular flexibility index (Phi) is 9.34. The molecule has 21 heavy (non-hydrogen) atoms. The molecular formula is C18H28O3. The van der Waals surface area contributed by atoms with E-state index in [4.69, 9.17) is 4.74 Å². The molecule has 118 valence electrons. The maximum absolute atomic E-state index is 11.2. The minimum atomic E-state index is -0.654. The van der Waals surface area contributed by atoms with E-state index in [1.165, 1.54) is 52.1 Å². The van der Waals surface area contributed by atoms with Crippen molar-refractivity contribution in [2.75, 3.05) is 7.11 Å². The number of unbranched alkanes of at least 4 members (excludes halogenated alkanes) is 7. The van der Waals surface area contributed by atoms with E-state index < -0.39 is 6.16 Å². The second-order valence-corrected chi connectivity index (χ2v) is 5.39. The summed E-state index contributed by atoms with van der Waals surface area (Å²) in [5, 5.41) is 0. The maximum atomic E-state index is 11.2. The minimum absolute atomic E-state index is 0.618. The molecule has 0 N–H and O–H groups in total. The molecule has 0 aliphatic carbocycles. The molecule has 0 spiro atoms. The quantitative estimate of drug-likeness (QED) is 0.324. The fourth-order valence-corrected chi connectivity index (χ4v) is 2.39. The minimum Gasteiger partial charge on any atom is -0.437 e. The molecule has 3 nitrogen and oxygen atoms in total. The van der Waals surface area contributed by atoms with Crippen LogP contribution in [0.1, 0.15) is 63.9 Å². The smallest absolute Gasteiger partial charge is 0.437 e. The average molecular weight is 292 g/mol. The third kappa shape index (κ3) is 7.74. The lowest BCUT2D eigenvalue weighted by molar-refractivity contribution is 0.121. The molecule has 0 radical (unpaired) electrons. The van der Waals surface area contributed by atoms with Crippen LogP contribution in [0.3, 0.4) is 0 Å². The Morgan fingerprint density at radius 3 is 2.24 bits per heavy atom. The number of carbonyl (C=O) groups excluding carboxylic acids is 1. The van der Waals surface area contributed by atoms with Gasteiger partial charge in [0, 0.05) is 0 Å². The van der Waals surface area contributed by atoms with Gasteiger partial charge in [-0.05, 0) is 24.5 Å². The highest BCUT2D eigenvalue weighted by molar-refractivity contribution is 5.64. The van der Waals surface area contributed by atoms with Crippen LogP contribution in [0.2, 0.25) is 0 Å². The predicted octanol–water partition coefficient (Wildman–Crippen LogP) is 5.52. The number of aryl methyl sites for hydroxylation is 1. The fraction of sp³-hybridized carbons (Fsp3) is 0.611. The number of para-hydroxylation sites is 1. The Labute approximate surface area is 128 Å². The van der Waals surface area contributed by atoms with Gasteiger partial charge in [-0.15, -0.1) is 0 Å². The number of hydrogen-bond donors (Lipinski definition) is 0. The van der Waals surface area contributed by atoms with Gasteiger partial charge in [0.1, 0.15) is 5.75 Å². The van der Waals surface area contributed by atoms with Crippen molar-refractivity contribution >= 4 is 6.16 Å². The van der Waals surface area contributed by atoms with Gasteiger partial charge in [0.25, 0.3) is 0 Å². The zero-order chi connectivity index (χ0) is 15.3. The summed E-state index contributed by atoms with van der Waals surface area (Å²) in [6.45, 7) is 2.24. The molecule has 0 aromatic heterocycles. The highest BCUT2D eigenvalue weighted by Crippen LogP contribution is 2.21. The van der Waals surface area contributed by atoms with Gasteiger partial charge in [-0.25, -0.2) is 4.79 Å². The molecule has 1 aromatic rings. The van der Waals surface area contributed by atoms with Crippen molar-refractivity contribution in [3.8, 4) is 5.75 Å². The van der Waals surface area contributed by atoms with Gasteiger partial charge in [0.2, 0.25) is 0 Å². The molecule has 0 amide bonds. The molecule has 0 aliphatic heterocycles. The molecule has 0 saturated carbocycles. The van der Waals surface area contributed by atoms with Crippen molar-refractivity contribution in [2.24, 2.45) is 0 Å². The van der Waals surface area contributed by atoms with Crippen LogP contribution >= 0.6 is 0 Å². The van der Waals surface area contributed by atoms with Gasteiger partial charge < -0.3 is 9.47 Å². The lowest BCUT2D eigenvalue weighted by Crippen LogP contribution is -2.08. The van der Waals surface area contributed by atoms with Crippen molar-refractivity contribution in [3.05, 3.63) is 29.8 Å². The van der Waals surface area contributed by atoms with Crippen molar-refractivity contribution in [1.82, 2.24) is 0 Å². The monoisotopic (exact) mass is 292 g/mol. The maximum Gasteiger partial charge on any atom is 0.513 e. The van der Waals surface area contributed by atoms with E-state index in [-0.39, 0.29) is 0 Å². The van der Waals surface area contributed by atoms with Gasteiger partial charge >= 0.3 is 6.16 Å². The van der Waals surface area contributed by atoms with Crippen LogP contribution in [-0.2, 0) is 11.2 Å². The third-order valence-electron chi connectivity index (χ3n) is 3.63. The topological polar surface area (TPSA) is 35.5 Å². The number of methoxy groups -OCH3 is 1. The van der Waals surface area contributed by atoms with Crippen LogP contribution in [0.25, 0.3) is 0 Å². The normalized spacial score (nSPS) is 10.4. The number of ether oxygens (including phenoxy) is 2. The molecule has 0 atom stereocenters. The second kappa shape index (κ2) is 11.2. The average Bonchev–Trinajstić information content (AvgIpc) is 2.51. The van der Waals surface area contributed by atoms with Gasteiger partial charge in [-0.3, -0.25) is 0 Å². The van der Waals surface area contributed by atoms with Crippen LogP contribution in [0.5, 0.6) is 5.75 Å². The van der Waals surface area contributed by atoms with E-state index in [1.54, 1.807) is 0 Å². The van der Waals surface area contributed by atoms with Crippen LogP contribution in [-0.4, -0.2) is 13.3 Å². The summed E-state index contributed by atoms with van der Waals surface area (Å²) in [6, 6.07) is 7.68. The zero-order valence-corrected chi connectivity index (χ0v) is 13.4. The van der Waals surface area contributed by atoms with Crippen LogP contribution in [0, 0.1) is 0 Å². The first-order valence-electron chi connectivity index (χ1n) is 8.11. The molecule has 0 aliphatic rings. The van der Waals surface area contributed by atoms with E-state index in [0.29, 0.717) is 5.75 Å². The Morgan fingerprint density at radius 2 is 1.57 bits per heavy atom. The summed E-state index contributed by atoms with van der Waals surface area (Å²) >= 11 is 0. The summed E-state index contributed by atoms with van der Waals surface area (Å²) in [4.78, 5) is 11.2. The number of hydrogen-bond acceptors (Lipinski definition) is 3. The van der Waals surface area contributed by atoms with Gasteiger partial charge in [0.05, 0.1) is 7.11 Å². The molecule has 3 heteroatoms. The predicted molar refractivity (Wildman–Crippen MR) is 85.8 cm³/mol. The summed E-state index contributed by atoms with van der Waals surface area (Å²) < 4.78 is 9.69. The van der Waals surface area contributed by atoms with Gasteiger partial charge in [-0.1, -0.05) is 70.1 Å².